The molecule has 1 aromatic carbocycles. The lowest BCUT2D eigenvalue weighted by atomic mass is 10.1. The van der Waals surface area contributed by atoms with E-state index in [0.717, 1.165) is 27.7 Å². The highest BCUT2D eigenvalue weighted by Gasteiger charge is 2.07. The van der Waals surface area contributed by atoms with Gasteiger partial charge in [0.1, 0.15) is 5.01 Å². The molecule has 2 nitrogen and oxygen atoms in total. The molecule has 0 aliphatic rings. The van der Waals surface area contributed by atoms with Crippen LogP contribution >= 0.6 is 22.9 Å². The van der Waals surface area contributed by atoms with Crippen molar-refractivity contribution in [3.8, 4) is 10.6 Å². The van der Waals surface area contributed by atoms with Crippen molar-refractivity contribution in [1.29, 1.82) is 0 Å². The van der Waals surface area contributed by atoms with Crippen molar-refractivity contribution >= 4 is 22.9 Å². The van der Waals surface area contributed by atoms with Crippen LogP contribution in [0.1, 0.15) is 12.6 Å². The van der Waals surface area contributed by atoms with Crippen LogP contribution < -0.4 is 5.73 Å². The van der Waals surface area contributed by atoms with E-state index >= 15 is 0 Å². The van der Waals surface area contributed by atoms with E-state index in [0.29, 0.717) is 12.5 Å². The number of halogens is 1. The van der Waals surface area contributed by atoms with Gasteiger partial charge in [0.05, 0.1) is 5.69 Å². The van der Waals surface area contributed by atoms with E-state index in [-0.39, 0.29) is 0 Å². The van der Waals surface area contributed by atoms with Crippen LogP contribution in [0.4, 0.5) is 0 Å². The molecule has 2 aromatic rings. The van der Waals surface area contributed by atoms with E-state index in [2.05, 4.69) is 17.3 Å². The van der Waals surface area contributed by atoms with Crippen LogP contribution in [0.25, 0.3) is 10.6 Å². The van der Waals surface area contributed by atoms with Crippen molar-refractivity contribution in [2.45, 2.75) is 13.3 Å². The zero-order chi connectivity index (χ0) is 12.3. The molecule has 2 N–H and O–H groups in total. The van der Waals surface area contributed by atoms with Crippen LogP contribution in [0, 0.1) is 5.92 Å². The molecule has 0 saturated heterocycles. The molecule has 1 heterocycles. The van der Waals surface area contributed by atoms with Crippen LogP contribution in [0.3, 0.4) is 0 Å². The molecule has 4 heteroatoms. The Morgan fingerprint density at radius 2 is 2.06 bits per heavy atom. The van der Waals surface area contributed by atoms with Crippen LogP contribution in [-0.2, 0) is 6.42 Å². The first kappa shape index (κ1) is 12.6. The van der Waals surface area contributed by atoms with Gasteiger partial charge in [0.15, 0.2) is 0 Å². The Morgan fingerprint density at radius 3 is 2.71 bits per heavy atom. The zero-order valence-corrected chi connectivity index (χ0v) is 11.3. The molecule has 0 aliphatic heterocycles. The third kappa shape index (κ3) is 3.28. The maximum atomic E-state index is 5.86. The zero-order valence-electron chi connectivity index (χ0n) is 9.69. The van der Waals surface area contributed by atoms with Gasteiger partial charge < -0.3 is 5.73 Å². The molecular weight excluding hydrogens is 252 g/mol. The van der Waals surface area contributed by atoms with Crippen LogP contribution in [0.15, 0.2) is 29.6 Å². The first-order valence-corrected chi connectivity index (χ1v) is 6.85. The van der Waals surface area contributed by atoms with Gasteiger partial charge >= 0.3 is 0 Å². The summed E-state index contributed by atoms with van der Waals surface area (Å²) in [5.74, 6) is 0.482. The maximum absolute atomic E-state index is 5.86. The average Bonchev–Trinajstić information content (AvgIpc) is 2.78. The molecule has 17 heavy (non-hydrogen) atoms. The van der Waals surface area contributed by atoms with E-state index < -0.39 is 0 Å². The molecule has 90 valence electrons. The molecular formula is C13H15ClN2S. The third-order valence-electron chi connectivity index (χ3n) is 2.60. The van der Waals surface area contributed by atoms with Crippen molar-refractivity contribution in [3.63, 3.8) is 0 Å². The number of aromatic nitrogens is 1. The summed E-state index contributed by atoms with van der Waals surface area (Å²) in [6, 6.07) is 7.77. The van der Waals surface area contributed by atoms with Gasteiger partial charge in [-0.2, -0.15) is 0 Å². The molecule has 2 rings (SSSR count). The van der Waals surface area contributed by atoms with Crippen molar-refractivity contribution in [2.75, 3.05) is 6.54 Å². The van der Waals surface area contributed by atoms with E-state index in [1.165, 1.54) is 0 Å². The van der Waals surface area contributed by atoms with Crippen molar-refractivity contribution in [1.82, 2.24) is 4.98 Å². The Morgan fingerprint density at radius 1 is 1.35 bits per heavy atom. The normalized spacial score (nSPS) is 12.6. The molecule has 1 unspecified atom stereocenters. The lowest BCUT2D eigenvalue weighted by Crippen LogP contribution is -2.13. The van der Waals surface area contributed by atoms with E-state index in [9.17, 15) is 0 Å². The van der Waals surface area contributed by atoms with Crippen LogP contribution in [-0.4, -0.2) is 11.5 Å². The van der Waals surface area contributed by atoms with Gasteiger partial charge in [-0.1, -0.05) is 30.7 Å². The smallest absolute Gasteiger partial charge is 0.123 e. The minimum absolute atomic E-state index is 0.482. The largest absolute Gasteiger partial charge is 0.330 e. The molecule has 0 bridgehead atoms. The number of rotatable bonds is 4. The van der Waals surface area contributed by atoms with Gasteiger partial charge in [-0.25, -0.2) is 4.98 Å². The van der Waals surface area contributed by atoms with Gasteiger partial charge in [0, 0.05) is 16.0 Å². The van der Waals surface area contributed by atoms with Gasteiger partial charge in [-0.3, -0.25) is 0 Å². The number of thiazole rings is 1. The van der Waals surface area contributed by atoms with E-state index in [1.54, 1.807) is 11.3 Å². The molecule has 0 saturated carbocycles. The van der Waals surface area contributed by atoms with E-state index in [1.807, 2.05) is 24.3 Å². The summed E-state index contributed by atoms with van der Waals surface area (Å²) < 4.78 is 0. The Balaban J connectivity index is 2.15. The summed E-state index contributed by atoms with van der Waals surface area (Å²) in [6.45, 7) is 2.84. The standard InChI is InChI=1S/C13H15ClN2S/c1-9(7-15)6-12-8-17-13(16-12)10-2-4-11(14)5-3-10/h2-5,8-9H,6-7,15H2,1H3. The maximum Gasteiger partial charge on any atom is 0.123 e. The van der Waals surface area contributed by atoms with Gasteiger partial charge in [-0.15, -0.1) is 11.3 Å². The molecule has 0 aliphatic carbocycles. The Labute approximate surface area is 110 Å². The minimum Gasteiger partial charge on any atom is -0.330 e. The predicted octanol–water partition coefficient (Wildman–Crippen LogP) is 3.60. The monoisotopic (exact) mass is 266 g/mol. The second-order valence-electron chi connectivity index (χ2n) is 4.20. The highest BCUT2D eigenvalue weighted by molar-refractivity contribution is 7.13. The number of nitrogens with zero attached hydrogens (tertiary/aromatic N) is 1. The number of nitrogens with two attached hydrogens (primary N) is 1. The van der Waals surface area contributed by atoms with E-state index in [4.69, 9.17) is 17.3 Å². The second kappa shape index (κ2) is 5.63. The predicted molar refractivity (Wildman–Crippen MR) is 74.5 cm³/mol. The lowest BCUT2D eigenvalue weighted by molar-refractivity contribution is 0.586. The molecule has 1 atom stereocenters. The van der Waals surface area contributed by atoms with Crippen molar-refractivity contribution < 1.29 is 0 Å². The summed E-state index contributed by atoms with van der Waals surface area (Å²) in [5.41, 5.74) is 7.86. The third-order valence-corrected chi connectivity index (χ3v) is 3.80. The Bertz CT molecular complexity index is 478. The number of hydrogen-bond donors (Lipinski definition) is 1. The summed E-state index contributed by atoms with van der Waals surface area (Å²) in [6.07, 6.45) is 0.945. The lowest BCUT2D eigenvalue weighted by Gasteiger charge is -2.04. The summed E-state index contributed by atoms with van der Waals surface area (Å²) >= 11 is 7.53. The number of hydrogen-bond acceptors (Lipinski definition) is 3. The van der Waals surface area contributed by atoms with Crippen molar-refractivity contribution in [3.05, 3.63) is 40.4 Å². The fourth-order valence-corrected chi connectivity index (χ4v) is 2.53. The number of benzene rings is 1. The Hall–Kier alpha value is -0.900. The quantitative estimate of drug-likeness (QED) is 0.918. The first-order valence-electron chi connectivity index (χ1n) is 5.59. The topological polar surface area (TPSA) is 38.9 Å². The summed E-state index contributed by atoms with van der Waals surface area (Å²) in [4.78, 5) is 4.62. The fourth-order valence-electron chi connectivity index (χ4n) is 1.57. The first-order chi connectivity index (χ1) is 8.19. The highest BCUT2D eigenvalue weighted by atomic mass is 35.5. The molecule has 0 spiro atoms. The van der Waals surface area contributed by atoms with Crippen LogP contribution in [0.5, 0.6) is 0 Å². The Kier molecular flexibility index (Phi) is 4.15. The highest BCUT2D eigenvalue weighted by Crippen LogP contribution is 2.25. The molecule has 1 aromatic heterocycles. The van der Waals surface area contributed by atoms with Gasteiger partial charge in [0.2, 0.25) is 0 Å². The van der Waals surface area contributed by atoms with Gasteiger partial charge in [-0.05, 0) is 31.0 Å². The second-order valence-corrected chi connectivity index (χ2v) is 5.49. The van der Waals surface area contributed by atoms with Crippen molar-refractivity contribution in [2.24, 2.45) is 11.7 Å². The average molecular weight is 267 g/mol. The van der Waals surface area contributed by atoms with Gasteiger partial charge in [0.25, 0.3) is 0 Å². The summed E-state index contributed by atoms with van der Waals surface area (Å²) in [5, 5.41) is 3.90. The van der Waals surface area contributed by atoms with Crippen LogP contribution in [0.2, 0.25) is 5.02 Å². The SMILES string of the molecule is CC(CN)Cc1csc(-c2ccc(Cl)cc2)n1. The summed E-state index contributed by atoms with van der Waals surface area (Å²) in [7, 11) is 0. The molecule has 0 fully saturated rings. The molecule has 0 amide bonds. The fraction of sp³-hybridized carbons (Fsp3) is 0.308. The molecule has 0 radical (unpaired) electrons. The minimum atomic E-state index is 0.482.